The molecule has 0 aliphatic heterocycles. The first-order chi connectivity index (χ1) is 10.4. The summed E-state index contributed by atoms with van der Waals surface area (Å²) in [6, 6.07) is 14.8. The quantitative estimate of drug-likeness (QED) is 0.312. The number of pyridine rings is 3. The van der Waals surface area contributed by atoms with Crippen LogP contribution in [-0.2, 0) is 0 Å². The third-order valence-electron chi connectivity index (χ3n) is 4.10. The Morgan fingerprint density at radius 3 is 2.81 bits per heavy atom. The monoisotopic (exact) mass is 269 g/mol. The molecule has 5 rings (SSSR count). The van der Waals surface area contributed by atoms with Gasteiger partial charge in [-0.3, -0.25) is 9.97 Å². The van der Waals surface area contributed by atoms with Gasteiger partial charge in [0.25, 0.3) is 0 Å². The van der Waals surface area contributed by atoms with Gasteiger partial charge in [0.2, 0.25) is 0 Å². The van der Waals surface area contributed by atoms with Crippen LogP contribution in [-0.4, -0.2) is 14.4 Å². The second-order valence-electron chi connectivity index (χ2n) is 5.26. The van der Waals surface area contributed by atoms with E-state index in [-0.39, 0.29) is 0 Å². The van der Waals surface area contributed by atoms with E-state index in [1.54, 1.807) is 0 Å². The maximum Gasteiger partial charge on any atom is 0.0948 e. The molecule has 0 saturated carbocycles. The Balaban J connectivity index is 2.18. The van der Waals surface area contributed by atoms with E-state index in [1.165, 1.54) is 21.7 Å². The first kappa shape index (κ1) is 10.8. The molecule has 3 heteroatoms. The fourth-order valence-corrected chi connectivity index (χ4v) is 3.15. The lowest BCUT2D eigenvalue weighted by atomic mass is 10.0. The van der Waals surface area contributed by atoms with Crippen LogP contribution in [0.3, 0.4) is 0 Å². The molecular formula is C18H11N3. The maximum absolute atomic E-state index is 4.58. The van der Waals surface area contributed by atoms with E-state index in [1.807, 2.05) is 24.7 Å². The second-order valence-corrected chi connectivity index (χ2v) is 5.26. The van der Waals surface area contributed by atoms with Gasteiger partial charge in [-0.25, -0.2) is 0 Å². The van der Waals surface area contributed by atoms with Crippen LogP contribution in [0.15, 0.2) is 67.3 Å². The molecular weight excluding hydrogens is 258 g/mol. The average molecular weight is 269 g/mol. The van der Waals surface area contributed by atoms with Gasteiger partial charge in [-0.05, 0) is 41.8 Å². The molecule has 21 heavy (non-hydrogen) atoms. The van der Waals surface area contributed by atoms with Gasteiger partial charge in [0.15, 0.2) is 0 Å². The lowest BCUT2D eigenvalue weighted by Crippen LogP contribution is -1.91. The molecule has 5 aromatic rings. The largest absolute Gasteiger partial charge is 0.314 e. The molecule has 0 fully saturated rings. The topological polar surface area (TPSA) is 30.2 Å². The predicted molar refractivity (Wildman–Crippen MR) is 85.5 cm³/mol. The summed E-state index contributed by atoms with van der Waals surface area (Å²) in [5, 5.41) is 4.75. The Hall–Kier alpha value is -2.94. The third kappa shape index (κ3) is 1.37. The summed E-state index contributed by atoms with van der Waals surface area (Å²) < 4.78 is 2.21. The van der Waals surface area contributed by atoms with Crippen molar-refractivity contribution in [2.75, 3.05) is 0 Å². The molecule has 4 aromatic heterocycles. The highest BCUT2D eigenvalue weighted by atomic mass is 14.9. The van der Waals surface area contributed by atoms with Crippen LogP contribution in [0.25, 0.3) is 38.1 Å². The zero-order valence-electron chi connectivity index (χ0n) is 11.2. The van der Waals surface area contributed by atoms with E-state index in [0.29, 0.717) is 0 Å². The molecule has 0 spiro atoms. The molecule has 0 bridgehead atoms. The number of benzene rings is 1. The highest BCUT2D eigenvalue weighted by molar-refractivity contribution is 6.14. The minimum absolute atomic E-state index is 1.04. The Morgan fingerprint density at radius 2 is 1.81 bits per heavy atom. The Kier molecular flexibility index (Phi) is 1.95. The van der Waals surface area contributed by atoms with E-state index in [0.717, 1.165) is 16.4 Å². The summed E-state index contributed by atoms with van der Waals surface area (Å²) in [7, 11) is 0. The molecule has 0 unspecified atom stereocenters. The standard InChI is InChI=1S/C18H11N3/c1-3-14-15-9-13-11-19-7-5-12(13)10-17(15)21-8-2-4-16(21)18(14)20-6-1/h1-11H. The molecule has 0 aliphatic rings. The predicted octanol–water partition coefficient (Wildman–Crippen LogP) is 4.19. The zero-order valence-corrected chi connectivity index (χ0v) is 11.2. The molecule has 3 nitrogen and oxygen atoms in total. The molecule has 0 atom stereocenters. The molecule has 98 valence electrons. The average Bonchev–Trinajstić information content (AvgIpc) is 3.03. The Labute approximate surface area is 120 Å². The highest BCUT2D eigenvalue weighted by Crippen LogP contribution is 2.31. The van der Waals surface area contributed by atoms with Gasteiger partial charge in [-0.1, -0.05) is 6.07 Å². The van der Waals surface area contributed by atoms with Gasteiger partial charge in [-0.2, -0.15) is 0 Å². The second kappa shape index (κ2) is 3.79. The third-order valence-corrected chi connectivity index (χ3v) is 4.10. The van der Waals surface area contributed by atoms with Crippen molar-refractivity contribution in [1.82, 2.24) is 14.4 Å². The van der Waals surface area contributed by atoms with Gasteiger partial charge in [-0.15, -0.1) is 0 Å². The SMILES string of the molecule is c1cnc2c(c1)c1cc3cnccc3cc1n1cccc21. The highest BCUT2D eigenvalue weighted by Gasteiger charge is 2.09. The number of rotatable bonds is 0. The van der Waals surface area contributed by atoms with Crippen LogP contribution >= 0.6 is 0 Å². The van der Waals surface area contributed by atoms with Crippen LogP contribution in [0.1, 0.15) is 0 Å². The molecule has 1 aromatic carbocycles. The summed E-state index contributed by atoms with van der Waals surface area (Å²) in [6.07, 6.45) is 7.70. The minimum atomic E-state index is 1.04. The molecule has 0 aliphatic carbocycles. The molecule has 0 saturated heterocycles. The van der Waals surface area contributed by atoms with Crippen molar-refractivity contribution in [1.29, 1.82) is 0 Å². The minimum Gasteiger partial charge on any atom is -0.314 e. The van der Waals surface area contributed by atoms with E-state index in [2.05, 4.69) is 57.0 Å². The van der Waals surface area contributed by atoms with Crippen LogP contribution < -0.4 is 0 Å². The van der Waals surface area contributed by atoms with Crippen molar-refractivity contribution < 1.29 is 0 Å². The van der Waals surface area contributed by atoms with Crippen molar-refractivity contribution in [2.45, 2.75) is 0 Å². The van der Waals surface area contributed by atoms with Crippen molar-refractivity contribution in [3.63, 3.8) is 0 Å². The Morgan fingerprint density at radius 1 is 0.810 bits per heavy atom. The fourth-order valence-electron chi connectivity index (χ4n) is 3.15. The van der Waals surface area contributed by atoms with E-state index >= 15 is 0 Å². The van der Waals surface area contributed by atoms with Gasteiger partial charge < -0.3 is 4.40 Å². The van der Waals surface area contributed by atoms with E-state index < -0.39 is 0 Å². The van der Waals surface area contributed by atoms with Gasteiger partial charge >= 0.3 is 0 Å². The van der Waals surface area contributed by atoms with Crippen molar-refractivity contribution in [2.24, 2.45) is 0 Å². The van der Waals surface area contributed by atoms with Crippen LogP contribution in [0.4, 0.5) is 0 Å². The number of nitrogens with zero attached hydrogens (tertiary/aromatic N) is 3. The summed E-state index contributed by atoms with van der Waals surface area (Å²) in [5.41, 5.74) is 3.39. The first-order valence-corrected chi connectivity index (χ1v) is 6.93. The number of hydrogen-bond acceptors (Lipinski definition) is 2. The summed E-state index contributed by atoms with van der Waals surface area (Å²) in [6.45, 7) is 0. The van der Waals surface area contributed by atoms with Gasteiger partial charge in [0.05, 0.1) is 16.6 Å². The maximum atomic E-state index is 4.58. The molecule has 0 N–H and O–H groups in total. The van der Waals surface area contributed by atoms with Crippen LogP contribution in [0.2, 0.25) is 0 Å². The summed E-state index contributed by atoms with van der Waals surface area (Å²) >= 11 is 0. The smallest absolute Gasteiger partial charge is 0.0948 e. The van der Waals surface area contributed by atoms with Crippen LogP contribution in [0.5, 0.6) is 0 Å². The normalized spacial score (nSPS) is 11.8. The van der Waals surface area contributed by atoms with Crippen molar-refractivity contribution >= 4 is 38.1 Å². The number of aromatic nitrogens is 3. The van der Waals surface area contributed by atoms with E-state index in [4.69, 9.17) is 0 Å². The van der Waals surface area contributed by atoms with Gasteiger partial charge in [0.1, 0.15) is 0 Å². The zero-order chi connectivity index (χ0) is 13.8. The summed E-state index contributed by atoms with van der Waals surface area (Å²) in [5.74, 6) is 0. The summed E-state index contributed by atoms with van der Waals surface area (Å²) in [4.78, 5) is 8.80. The Bertz CT molecular complexity index is 1140. The van der Waals surface area contributed by atoms with E-state index in [9.17, 15) is 0 Å². The number of hydrogen-bond donors (Lipinski definition) is 0. The lowest BCUT2D eigenvalue weighted by molar-refractivity contribution is 1.27. The molecule has 0 radical (unpaired) electrons. The first-order valence-electron chi connectivity index (χ1n) is 6.93. The molecule has 4 heterocycles. The fraction of sp³-hybridized carbons (Fsp3) is 0. The molecule has 0 amide bonds. The van der Waals surface area contributed by atoms with Crippen LogP contribution in [0, 0.1) is 0 Å². The number of fused-ring (bicyclic) bond motifs is 7. The van der Waals surface area contributed by atoms with Gasteiger partial charge in [0, 0.05) is 40.9 Å². The van der Waals surface area contributed by atoms with Crippen molar-refractivity contribution in [3.8, 4) is 0 Å². The lowest BCUT2D eigenvalue weighted by Gasteiger charge is -2.09. The van der Waals surface area contributed by atoms with Crippen molar-refractivity contribution in [3.05, 3.63) is 67.3 Å².